The van der Waals surface area contributed by atoms with E-state index in [0.29, 0.717) is 18.2 Å². The number of para-hydroxylation sites is 1. The van der Waals surface area contributed by atoms with Crippen LogP contribution < -0.4 is 17.0 Å². The van der Waals surface area contributed by atoms with Gasteiger partial charge < -0.3 is 16.4 Å². The lowest BCUT2D eigenvalue weighted by atomic mass is 10.0. The van der Waals surface area contributed by atoms with Gasteiger partial charge in [-0.1, -0.05) is 49.1 Å². The van der Waals surface area contributed by atoms with Crippen molar-refractivity contribution < 1.29 is 4.79 Å². The molecule has 202 valence electrons. The summed E-state index contributed by atoms with van der Waals surface area (Å²) in [6, 6.07) is 19.4. The van der Waals surface area contributed by atoms with Gasteiger partial charge in [-0.25, -0.2) is 4.98 Å². The molecule has 0 radical (unpaired) electrons. The molecular weight excluding hydrogens is 502 g/mol. The monoisotopic (exact) mass is 533 g/mol. The van der Waals surface area contributed by atoms with E-state index in [2.05, 4.69) is 34.8 Å². The maximum atomic E-state index is 13.5. The van der Waals surface area contributed by atoms with Crippen molar-refractivity contribution in [3.8, 4) is 23.6 Å². The molecule has 1 fully saturated rings. The Labute approximate surface area is 233 Å². The third-order valence-electron chi connectivity index (χ3n) is 6.60. The summed E-state index contributed by atoms with van der Waals surface area (Å²) >= 11 is 0. The lowest BCUT2D eigenvalue weighted by Gasteiger charge is -2.14. The highest BCUT2D eigenvalue weighted by Crippen LogP contribution is 2.19. The minimum absolute atomic E-state index is 0.0476. The van der Waals surface area contributed by atoms with Gasteiger partial charge >= 0.3 is 0 Å². The van der Waals surface area contributed by atoms with Crippen molar-refractivity contribution in [3.63, 3.8) is 0 Å². The number of hydrogen-bond donors (Lipinski definition) is 2. The second kappa shape index (κ2) is 13.1. The smallest absolute Gasteiger partial charge is 0.264 e. The molecular formula is C31H31N7O2. The standard InChI is InChI=1S/C26H26N2O2.C5H5N5/c1-2-22-19-21-13-10-12-20(11-6-7-16-24(29)27-17-8-9-18-27)25(21)26(30)28(22)23-14-4-3-5-15-23;6-1-3-2-9-5(8)10-4(3)7/h3-5,10,12-15,19H,2,7-9,16-18H2,1H3;2H,(H4,7,8,9,10). The molecule has 4 aromatic rings. The number of hydrogen-bond acceptors (Lipinski definition) is 7. The molecule has 5 rings (SSSR count). The molecule has 0 spiro atoms. The minimum Gasteiger partial charge on any atom is -0.382 e. The molecule has 4 N–H and O–H groups in total. The molecule has 1 aliphatic heterocycles. The fraction of sp³-hybridized carbons (Fsp3) is 0.258. The summed E-state index contributed by atoms with van der Waals surface area (Å²) < 4.78 is 1.78. The van der Waals surface area contributed by atoms with Crippen molar-refractivity contribution in [1.82, 2.24) is 19.4 Å². The number of amides is 1. The predicted molar refractivity (Wildman–Crippen MR) is 156 cm³/mol. The normalized spacial score (nSPS) is 12.2. The quantitative estimate of drug-likeness (QED) is 0.380. The van der Waals surface area contributed by atoms with Gasteiger partial charge in [0.2, 0.25) is 11.9 Å². The Kier molecular flexibility index (Phi) is 9.11. The largest absolute Gasteiger partial charge is 0.382 e. The first-order valence-corrected chi connectivity index (χ1v) is 13.2. The molecule has 1 amide bonds. The highest BCUT2D eigenvalue weighted by Gasteiger charge is 2.17. The minimum atomic E-state index is -0.0476. The van der Waals surface area contributed by atoms with E-state index in [1.165, 1.54) is 6.20 Å². The van der Waals surface area contributed by atoms with Crippen molar-refractivity contribution in [3.05, 3.63) is 88.0 Å². The number of aryl methyl sites for hydroxylation is 1. The summed E-state index contributed by atoms with van der Waals surface area (Å²) in [5, 5.41) is 9.90. The topological polar surface area (TPSA) is 144 Å². The molecule has 1 saturated heterocycles. The molecule has 9 nitrogen and oxygen atoms in total. The maximum absolute atomic E-state index is 13.5. The maximum Gasteiger partial charge on any atom is 0.264 e. The second-order valence-corrected chi connectivity index (χ2v) is 9.26. The van der Waals surface area contributed by atoms with E-state index in [0.717, 1.165) is 54.7 Å². The number of nitrogens with zero attached hydrogens (tertiary/aromatic N) is 5. The van der Waals surface area contributed by atoms with Gasteiger partial charge in [0, 0.05) is 42.9 Å². The molecule has 0 atom stereocenters. The van der Waals surface area contributed by atoms with Crippen LogP contribution in [0.15, 0.2) is 65.6 Å². The molecule has 1 aliphatic rings. The second-order valence-electron chi connectivity index (χ2n) is 9.26. The average molecular weight is 534 g/mol. The summed E-state index contributed by atoms with van der Waals surface area (Å²) in [7, 11) is 0. The Hall–Kier alpha value is -5.15. The number of likely N-dealkylation sites (tertiary alicyclic amines) is 1. The Morgan fingerprint density at radius 3 is 2.48 bits per heavy atom. The summed E-state index contributed by atoms with van der Waals surface area (Å²) in [6.45, 7) is 3.80. The highest BCUT2D eigenvalue weighted by atomic mass is 16.2. The first-order chi connectivity index (χ1) is 19.4. The number of pyridine rings is 1. The van der Waals surface area contributed by atoms with Gasteiger partial charge in [0.1, 0.15) is 17.5 Å². The van der Waals surface area contributed by atoms with Gasteiger partial charge in [0.25, 0.3) is 5.56 Å². The average Bonchev–Trinajstić information content (AvgIpc) is 3.51. The van der Waals surface area contributed by atoms with Crippen molar-refractivity contribution >= 4 is 28.4 Å². The van der Waals surface area contributed by atoms with Crippen molar-refractivity contribution in [2.75, 3.05) is 24.6 Å². The van der Waals surface area contributed by atoms with E-state index in [1.54, 1.807) is 4.57 Å². The first kappa shape index (κ1) is 27.9. The Bertz CT molecular complexity index is 1670. The lowest BCUT2D eigenvalue weighted by Crippen LogP contribution is -2.27. The number of carbonyl (C=O) groups excluding carboxylic acids is 1. The van der Waals surface area contributed by atoms with Crippen LogP contribution in [0.5, 0.6) is 0 Å². The number of anilines is 2. The van der Waals surface area contributed by atoms with E-state index >= 15 is 0 Å². The number of carbonyl (C=O) groups is 1. The van der Waals surface area contributed by atoms with Crippen LogP contribution in [0.1, 0.15) is 49.4 Å². The van der Waals surface area contributed by atoms with Crippen LogP contribution >= 0.6 is 0 Å². The van der Waals surface area contributed by atoms with Gasteiger partial charge in [0.15, 0.2) is 0 Å². The van der Waals surface area contributed by atoms with Crippen LogP contribution in [0.25, 0.3) is 16.5 Å². The number of aromatic nitrogens is 3. The van der Waals surface area contributed by atoms with Gasteiger partial charge in [0.05, 0.1) is 11.6 Å². The lowest BCUT2D eigenvalue weighted by molar-refractivity contribution is -0.129. The number of rotatable bonds is 4. The molecule has 2 aromatic carbocycles. The van der Waals surface area contributed by atoms with E-state index in [4.69, 9.17) is 16.7 Å². The van der Waals surface area contributed by atoms with Gasteiger partial charge in [-0.2, -0.15) is 10.2 Å². The van der Waals surface area contributed by atoms with Crippen LogP contribution in [0.2, 0.25) is 0 Å². The first-order valence-electron chi connectivity index (χ1n) is 13.2. The fourth-order valence-electron chi connectivity index (χ4n) is 4.59. The zero-order valence-corrected chi connectivity index (χ0v) is 22.4. The molecule has 0 unspecified atom stereocenters. The van der Waals surface area contributed by atoms with Crippen LogP contribution in [0.3, 0.4) is 0 Å². The van der Waals surface area contributed by atoms with E-state index in [1.807, 2.05) is 59.5 Å². The highest BCUT2D eigenvalue weighted by molar-refractivity contribution is 5.88. The van der Waals surface area contributed by atoms with Crippen molar-refractivity contribution in [2.24, 2.45) is 0 Å². The molecule has 40 heavy (non-hydrogen) atoms. The van der Waals surface area contributed by atoms with Crippen molar-refractivity contribution in [2.45, 2.75) is 39.0 Å². The van der Waals surface area contributed by atoms with E-state index in [9.17, 15) is 9.59 Å². The summed E-state index contributed by atoms with van der Waals surface area (Å²) in [5.41, 5.74) is 13.2. The van der Waals surface area contributed by atoms with E-state index in [-0.39, 0.29) is 28.8 Å². The Morgan fingerprint density at radius 2 is 1.80 bits per heavy atom. The molecule has 0 bridgehead atoms. The number of benzene rings is 2. The Morgan fingerprint density at radius 1 is 1.05 bits per heavy atom. The number of nitriles is 1. The summed E-state index contributed by atoms with van der Waals surface area (Å²) in [4.78, 5) is 34.7. The summed E-state index contributed by atoms with van der Waals surface area (Å²) in [5.74, 6) is 6.65. The molecule has 0 saturated carbocycles. The molecule has 0 aliphatic carbocycles. The van der Waals surface area contributed by atoms with Crippen LogP contribution in [-0.4, -0.2) is 38.4 Å². The summed E-state index contributed by atoms with van der Waals surface area (Å²) in [6.07, 6.45) is 5.19. The van der Waals surface area contributed by atoms with Gasteiger partial charge in [-0.3, -0.25) is 14.2 Å². The van der Waals surface area contributed by atoms with E-state index < -0.39 is 0 Å². The molecule has 9 heteroatoms. The zero-order valence-electron chi connectivity index (χ0n) is 22.4. The van der Waals surface area contributed by atoms with Gasteiger partial charge in [-0.15, -0.1) is 0 Å². The predicted octanol–water partition coefficient (Wildman–Crippen LogP) is 3.82. The van der Waals surface area contributed by atoms with Crippen molar-refractivity contribution in [1.29, 1.82) is 5.26 Å². The number of nitrogen functional groups attached to an aromatic ring is 2. The molecule has 3 heterocycles. The van der Waals surface area contributed by atoms with Crippen LogP contribution in [0.4, 0.5) is 11.8 Å². The fourth-order valence-corrected chi connectivity index (χ4v) is 4.59. The van der Waals surface area contributed by atoms with Crippen LogP contribution in [-0.2, 0) is 11.2 Å². The number of nitrogens with two attached hydrogens (primary N) is 2. The zero-order chi connectivity index (χ0) is 28.5. The SMILES string of the molecule is CCc1cc2cccc(C#CCCC(=O)N3CCCC3)c2c(=O)n1-c1ccccc1.N#Cc1cnc(N)nc1N. The van der Waals surface area contributed by atoms with Crippen LogP contribution in [0, 0.1) is 23.2 Å². The number of fused-ring (bicyclic) bond motifs is 1. The Balaban J connectivity index is 0.000000312. The third-order valence-corrected chi connectivity index (χ3v) is 6.60. The van der Waals surface area contributed by atoms with Gasteiger partial charge in [-0.05, 0) is 48.9 Å². The molecule has 2 aromatic heterocycles. The third kappa shape index (κ3) is 6.46.